The van der Waals surface area contributed by atoms with Crippen molar-refractivity contribution < 1.29 is 19.0 Å². The standard InChI is InChI=1S/C10H12FNO3.ClH/c1-15-9-3-2-6(4-7(9)11)8(12)5-10(13)14;/h2-4,8H,5,12H2,1H3,(H,13,14);1H. The number of halogens is 2. The van der Waals surface area contributed by atoms with E-state index in [1.807, 2.05) is 0 Å². The van der Waals surface area contributed by atoms with Crippen molar-refractivity contribution in [2.24, 2.45) is 5.73 Å². The number of hydrogen-bond donors (Lipinski definition) is 2. The molecule has 3 N–H and O–H groups in total. The summed E-state index contributed by atoms with van der Waals surface area (Å²) >= 11 is 0. The van der Waals surface area contributed by atoms with E-state index in [0.717, 1.165) is 0 Å². The SMILES string of the molecule is COc1ccc(C(N)CC(=O)O)cc1F.Cl. The molecule has 1 unspecified atom stereocenters. The average Bonchev–Trinajstić information content (AvgIpc) is 2.16. The molecule has 0 aliphatic rings. The summed E-state index contributed by atoms with van der Waals surface area (Å²) in [6.45, 7) is 0. The number of methoxy groups -OCH3 is 1. The second kappa shape index (κ2) is 6.30. The second-order valence-corrected chi connectivity index (χ2v) is 3.10. The van der Waals surface area contributed by atoms with Crippen LogP contribution in [0.15, 0.2) is 18.2 Å². The summed E-state index contributed by atoms with van der Waals surface area (Å²) in [7, 11) is 1.36. The van der Waals surface area contributed by atoms with Gasteiger partial charge in [-0.05, 0) is 17.7 Å². The first-order valence-corrected chi connectivity index (χ1v) is 4.35. The minimum atomic E-state index is -1.02. The van der Waals surface area contributed by atoms with Crippen LogP contribution >= 0.6 is 12.4 Å². The van der Waals surface area contributed by atoms with Gasteiger partial charge in [0.1, 0.15) is 0 Å². The lowest BCUT2D eigenvalue weighted by molar-refractivity contribution is -0.137. The fourth-order valence-corrected chi connectivity index (χ4v) is 1.22. The van der Waals surface area contributed by atoms with E-state index in [9.17, 15) is 9.18 Å². The summed E-state index contributed by atoms with van der Waals surface area (Å²) in [6, 6.07) is 3.46. The summed E-state index contributed by atoms with van der Waals surface area (Å²) in [5.41, 5.74) is 6.01. The number of carboxylic acid groups (broad SMARTS) is 1. The highest BCUT2D eigenvalue weighted by Crippen LogP contribution is 2.22. The van der Waals surface area contributed by atoms with Crippen molar-refractivity contribution in [2.45, 2.75) is 12.5 Å². The molecule has 1 aromatic carbocycles. The van der Waals surface area contributed by atoms with Crippen molar-refractivity contribution in [1.29, 1.82) is 0 Å². The molecule has 0 saturated heterocycles. The number of aliphatic carboxylic acids is 1. The van der Waals surface area contributed by atoms with Crippen molar-refractivity contribution in [3.8, 4) is 5.75 Å². The topological polar surface area (TPSA) is 72.5 Å². The Morgan fingerprint density at radius 2 is 2.25 bits per heavy atom. The summed E-state index contributed by atoms with van der Waals surface area (Å²) in [5.74, 6) is -1.45. The van der Waals surface area contributed by atoms with Gasteiger partial charge in [-0.2, -0.15) is 0 Å². The van der Waals surface area contributed by atoms with Gasteiger partial charge < -0.3 is 15.6 Å². The highest BCUT2D eigenvalue weighted by molar-refractivity contribution is 5.85. The highest BCUT2D eigenvalue weighted by Gasteiger charge is 2.12. The Morgan fingerprint density at radius 1 is 1.62 bits per heavy atom. The van der Waals surface area contributed by atoms with E-state index in [2.05, 4.69) is 0 Å². The van der Waals surface area contributed by atoms with Crippen LogP contribution in [0.5, 0.6) is 5.75 Å². The first-order chi connectivity index (χ1) is 7.04. The summed E-state index contributed by atoms with van der Waals surface area (Å²) in [5, 5.41) is 8.52. The molecule has 0 spiro atoms. The van der Waals surface area contributed by atoms with Crippen LogP contribution in [0.25, 0.3) is 0 Å². The number of rotatable bonds is 4. The maximum absolute atomic E-state index is 13.2. The van der Waals surface area contributed by atoms with Crippen LogP contribution in [-0.4, -0.2) is 18.2 Å². The van der Waals surface area contributed by atoms with Crippen LogP contribution in [0.2, 0.25) is 0 Å². The molecule has 1 aromatic rings. The molecular weight excluding hydrogens is 237 g/mol. The van der Waals surface area contributed by atoms with Gasteiger partial charge in [0.25, 0.3) is 0 Å². The molecule has 0 saturated carbocycles. The van der Waals surface area contributed by atoms with Crippen LogP contribution in [0, 0.1) is 5.82 Å². The van der Waals surface area contributed by atoms with Gasteiger partial charge in [-0.15, -0.1) is 12.4 Å². The number of nitrogens with two attached hydrogens (primary N) is 1. The van der Waals surface area contributed by atoms with Gasteiger partial charge in [0, 0.05) is 6.04 Å². The smallest absolute Gasteiger partial charge is 0.305 e. The first-order valence-electron chi connectivity index (χ1n) is 4.35. The van der Waals surface area contributed by atoms with Crippen molar-refractivity contribution in [3.05, 3.63) is 29.6 Å². The predicted octanol–water partition coefficient (Wildman–Crippen LogP) is 1.73. The molecular formula is C10H13ClFNO3. The van der Waals surface area contributed by atoms with Crippen LogP contribution in [0.1, 0.15) is 18.0 Å². The normalized spacial score (nSPS) is 11.4. The van der Waals surface area contributed by atoms with Crippen LogP contribution in [0.3, 0.4) is 0 Å². The maximum atomic E-state index is 13.2. The maximum Gasteiger partial charge on any atom is 0.305 e. The van der Waals surface area contributed by atoms with E-state index in [-0.39, 0.29) is 24.6 Å². The third kappa shape index (κ3) is 3.67. The quantitative estimate of drug-likeness (QED) is 0.852. The predicted molar refractivity (Wildman–Crippen MR) is 59.4 cm³/mol. The minimum Gasteiger partial charge on any atom is -0.494 e. The van der Waals surface area contributed by atoms with Gasteiger partial charge in [-0.1, -0.05) is 6.07 Å². The van der Waals surface area contributed by atoms with Gasteiger partial charge in [0.2, 0.25) is 0 Å². The lowest BCUT2D eigenvalue weighted by Crippen LogP contribution is -2.15. The monoisotopic (exact) mass is 249 g/mol. The summed E-state index contributed by atoms with van der Waals surface area (Å²) in [6.07, 6.45) is -0.230. The van der Waals surface area contributed by atoms with Crippen molar-refractivity contribution >= 4 is 18.4 Å². The Morgan fingerprint density at radius 3 is 2.69 bits per heavy atom. The van der Waals surface area contributed by atoms with Crippen LogP contribution in [-0.2, 0) is 4.79 Å². The Balaban J connectivity index is 0.00000225. The molecule has 0 fully saturated rings. The van der Waals surface area contributed by atoms with Gasteiger partial charge in [-0.3, -0.25) is 4.79 Å². The molecule has 0 amide bonds. The number of hydrogen-bond acceptors (Lipinski definition) is 3. The fourth-order valence-electron chi connectivity index (χ4n) is 1.22. The van der Waals surface area contributed by atoms with Gasteiger partial charge >= 0.3 is 5.97 Å². The summed E-state index contributed by atoms with van der Waals surface area (Å²) < 4.78 is 17.9. The molecule has 90 valence electrons. The minimum absolute atomic E-state index is 0. The third-order valence-electron chi connectivity index (χ3n) is 2.00. The second-order valence-electron chi connectivity index (χ2n) is 3.10. The van der Waals surface area contributed by atoms with E-state index in [0.29, 0.717) is 5.56 Å². The van der Waals surface area contributed by atoms with Crippen LogP contribution in [0.4, 0.5) is 4.39 Å². The molecule has 0 aromatic heterocycles. The molecule has 4 nitrogen and oxygen atoms in total. The lowest BCUT2D eigenvalue weighted by atomic mass is 10.0. The van der Waals surface area contributed by atoms with Crippen molar-refractivity contribution in [3.63, 3.8) is 0 Å². The number of ether oxygens (including phenoxy) is 1. The average molecular weight is 250 g/mol. The van der Waals surface area contributed by atoms with Gasteiger partial charge in [0.05, 0.1) is 13.5 Å². The Kier molecular flexibility index (Phi) is 5.77. The highest BCUT2D eigenvalue weighted by atomic mass is 35.5. The first kappa shape index (κ1) is 14.7. The van der Waals surface area contributed by atoms with E-state index in [1.54, 1.807) is 6.07 Å². The number of benzene rings is 1. The van der Waals surface area contributed by atoms with E-state index in [1.165, 1.54) is 19.2 Å². The largest absolute Gasteiger partial charge is 0.494 e. The van der Waals surface area contributed by atoms with E-state index >= 15 is 0 Å². The van der Waals surface area contributed by atoms with Crippen molar-refractivity contribution in [1.82, 2.24) is 0 Å². The van der Waals surface area contributed by atoms with Crippen molar-refractivity contribution in [2.75, 3.05) is 7.11 Å². The zero-order valence-corrected chi connectivity index (χ0v) is 9.46. The van der Waals surface area contributed by atoms with Gasteiger partial charge in [-0.25, -0.2) is 4.39 Å². The summed E-state index contributed by atoms with van der Waals surface area (Å²) in [4.78, 5) is 10.4. The number of carbonyl (C=O) groups is 1. The molecule has 1 atom stereocenters. The zero-order chi connectivity index (χ0) is 11.4. The van der Waals surface area contributed by atoms with Gasteiger partial charge in [0.15, 0.2) is 11.6 Å². The molecule has 1 rings (SSSR count). The zero-order valence-electron chi connectivity index (χ0n) is 8.64. The molecule has 0 aliphatic carbocycles. The fraction of sp³-hybridized carbons (Fsp3) is 0.300. The molecule has 0 bridgehead atoms. The molecule has 0 radical (unpaired) electrons. The third-order valence-corrected chi connectivity index (χ3v) is 2.00. The Bertz CT molecular complexity index is 373. The molecule has 0 aliphatic heterocycles. The molecule has 16 heavy (non-hydrogen) atoms. The van der Waals surface area contributed by atoms with E-state index < -0.39 is 17.8 Å². The Labute approximate surface area is 98.6 Å². The lowest BCUT2D eigenvalue weighted by Gasteiger charge is -2.10. The molecule has 6 heteroatoms. The number of carboxylic acids is 1. The molecule has 0 heterocycles. The van der Waals surface area contributed by atoms with E-state index in [4.69, 9.17) is 15.6 Å². The van der Waals surface area contributed by atoms with Crippen LogP contribution < -0.4 is 10.5 Å². The Hall–Kier alpha value is -1.33.